The summed E-state index contributed by atoms with van der Waals surface area (Å²) in [5, 5.41) is 16.8. The Kier molecular flexibility index (Phi) is 1.92. The van der Waals surface area contributed by atoms with Gasteiger partial charge in [-0.2, -0.15) is 0 Å². The normalized spacial score (nSPS) is 26.1. The van der Waals surface area contributed by atoms with Crippen LogP contribution in [-0.4, -0.2) is 21.5 Å². The van der Waals surface area contributed by atoms with E-state index in [1.807, 2.05) is 12.2 Å². The number of aliphatic hydroxyl groups is 1. The Morgan fingerprint density at radius 2 is 2.31 bits per heavy atom. The lowest BCUT2D eigenvalue weighted by Crippen LogP contribution is -2.15. The molecule has 3 nitrogen and oxygen atoms in total. The van der Waals surface area contributed by atoms with Gasteiger partial charge < -0.3 is 5.11 Å². The number of nitrogens with one attached hydrogen (secondary N) is 1. The number of dihydropyridines is 1. The maximum atomic E-state index is 9.51. The van der Waals surface area contributed by atoms with Crippen LogP contribution >= 0.6 is 15.9 Å². The van der Waals surface area contributed by atoms with E-state index in [0.717, 1.165) is 0 Å². The minimum atomic E-state index is 0.0855. The molecule has 1 aliphatic carbocycles. The molecule has 2 aliphatic rings. The van der Waals surface area contributed by atoms with Gasteiger partial charge in [-0.05, 0) is 6.08 Å². The highest BCUT2D eigenvalue weighted by molar-refractivity contribution is 9.09. The average Bonchev–Trinajstić information content (AvgIpc) is 2.06. The molecule has 0 amide bonds. The number of aliphatic hydroxyl groups excluding tert-OH is 1. The number of fused-ring (bicyclic) bond motifs is 1. The van der Waals surface area contributed by atoms with E-state index in [0.29, 0.717) is 11.3 Å². The summed E-state index contributed by atoms with van der Waals surface area (Å²) in [6.07, 6.45) is 6.91. The molecule has 4 heteroatoms. The first-order valence-electron chi connectivity index (χ1n) is 3.79. The molecule has 0 fully saturated rings. The van der Waals surface area contributed by atoms with Gasteiger partial charge in [0.15, 0.2) is 0 Å². The van der Waals surface area contributed by atoms with Crippen molar-refractivity contribution in [2.75, 3.05) is 0 Å². The van der Waals surface area contributed by atoms with Crippen molar-refractivity contribution in [3.63, 3.8) is 0 Å². The zero-order chi connectivity index (χ0) is 9.42. The smallest absolute Gasteiger partial charge is 0.148 e. The number of amidine groups is 1. The molecule has 0 saturated carbocycles. The molecule has 0 radical (unpaired) electrons. The van der Waals surface area contributed by atoms with Crippen LogP contribution in [0.4, 0.5) is 0 Å². The Morgan fingerprint density at radius 1 is 1.54 bits per heavy atom. The second kappa shape index (κ2) is 2.96. The van der Waals surface area contributed by atoms with Crippen molar-refractivity contribution in [3.8, 4) is 0 Å². The van der Waals surface area contributed by atoms with Crippen LogP contribution in [-0.2, 0) is 0 Å². The van der Waals surface area contributed by atoms with Gasteiger partial charge in [0.25, 0.3) is 0 Å². The summed E-state index contributed by atoms with van der Waals surface area (Å²) >= 11 is 3.38. The molecule has 0 bridgehead atoms. The SMILES string of the molecule is N=C1C=C(O)C2=CC(Br)C=CC2=N1. The maximum Gasteiger partial charge on any atom is 0.148 e. The summed E-state index contributed by atoms with van der Waals surface area (Å²) < 4.78 is 0. The first-order valence-corrected chi connectivity index (χ1v) is 4.71. The number of hydrogen-bond acceptors (Lipinski definition) is 2. The average molecular weight is 239 g/mol. The quantitative estimate of drug-likeness (QED) is 0.625. The van der Waals surface area contributed by atoms with Crippen LogP contribution in [0.2, 0.25) is 0 Å². The van der Waals surface area contributed by atoms with Crippen molar-refractivity contribution in [1.29, 1.82) is 5.41 Å². The Hall–Kier alpha value is -1.16. The summed E-state index contributed by atoms with van der Waals surface area (Å²) in [4.78, 5) is 4.11. The minimum Gasteiger partial charge on any atom is -0.507 e. The molecule has 0 spiro atoms. The molecule has 2 rings (SSSR count). The number of rotatable bonds is 0. The lowest BCUT2D eigenvalue weighted by molar-refractivity contribution is 0.428. The predicted octanol–water partition coefficient (Wildman–Crippen LogP) is 2.12. The molecule has 1 aliphatic heterocycles. The van der Waals surface area contributed by atoms with Crippen LogP contribution in [0.5, 0.6) is 0 Å². The Balaban J connectivity index is 2.48. The van der Waals surface area contributed by atoms with Gasteiger partial charge in [0.05, 0.1) is 10.5 Å². The van der Waals surface area contributed by atoms with Gasteiger partial charge in [0.2, 0.25) is 0 Å². The zero-order valence-electron chi connectivity index (χ0n) is 6.66. The van der Waals surface area contributed by atoms with E-state index in [2.05, 4.69) is 20.9 Å². The van der Waals surface area contributed by atoms with Gasteiger partial charge in [-0.1, -0.05) is 28.1 Å². The van der Waals surface area contributed by atoms with Crippen LogP contribution < -0.4 is 0 Å². The van der Waals surface area contributed by atoms with E-state index in [-0.39, 0.29) is 16.4 Å². The van der Waals surface area contributed by atoms with Crippen molar-refractivity contribution in [3.05, 3.63) is 35.6 Å². The van der Waals surface area contributed by atoms with Crippen LogP contribution in [0, 0.1) is 5.41 Å². The lowest BCUT2D eigenvalue weighted by atomic mass is 9.99. The maximum absolute atomic E-state index is 9.51. The molecule has 0 saturated heterocycles. The molecule has 66 valence electrons. The van der Waals surface area contributed by atoms with Crippen molar-refractivity contribution in [2.45, 2.75) is 4.83 Å². The fourth-order valence-electron chi connectivity index (χ4n) is 1.26. The second-order valence-electron chi connectivity index (χ2n) is 2.80. The molecular weight excluding hydrogens is 232 g/mol. The Morgan fingerprint density at radius 3 is 3.08 bits per heavy atom. The number of halogens is 1. The van der Waals surface area contributed by atoms with E-state index < -0.39 is 0 Å². The van der Waals surface area contributed by atoms with Crippen molar-refractivity contribution < 1.29 is 5.11 Å². The highest BCUT2D eigenvalue weighted by atomic mass is 79.9. The first kappa shape index (κ1) is 8.44. The molecule has 13 heavy (non-hydrogen) atoms. The van der Waals surface area contributed by atoms with E-state index in [4.69, 9.17) is 5.41 Å². The van der Waals surface area contributed by atoms with Gasteiger partial charge in [0.1, 0.15) is 11.6 Å². The third-order valence-electron chi connectivity index (χ3n) is 1.83. The van der Waals surface area contributed by atoms with Crippen LogP contribution in [0.15, 0.2) is 40.6 Å². The van der Waals surface area contributed by atoms with Gasteiger partial charge in [0, 0.05) is 11.6 Å². The van der Waals surface area contributed by atoms with Gasteiger partial charge in [-0.3, -0.25) is 5.41 Å². The summed E-state index contributed by atoms with van der Waals surface area (Å²) in [6, 6.07) is 0. The molecule has 0 aromatic heterocycles. The highest BCUT2D eigenvalue weighted by Crippen LogP contribution is 2.22. The largest absolute Gasteiger partial charge is 0.507 e. The molecule has 2 N–H and O–H groups in total. The van der Waals surface area contributed by atoms with E-state index in [1.54, 1.807) is 6.08 Å². The summed E-state index contributed by atoms with van der Waals surface area (Å²) in [5.41, 5.74) is 1.35. The summed E-state index contributed by atoms with van der Waals surface area (Å²) in [7, 11) is 0. The van der Waals surface area contributed by atoms with Gasteiger partial charge >= 0.3 is 0 Å². The van der Waals surface area contributed by atoms with E-state index >= 15 is 0 Å². The van der Waals surface area contributed by atoms with Gasteiger partial charge in [-0.25, -0.2) is 4.99 Å². The number of allylic oxidation sites excluding steroid dienone is 4. The minimum absolute atomic E-state index is 0.0855. The van der Waals surface area contributed by atoms with E-state index in [9.17, 15) is 5.11 Å². The number of aliphatic imine (C=N–C) groups is 1. The molecule has 0 aromatic carbocycles. The molecular formula is C9H7BrN2O. The number of alkyl halides is 1. The third-order valence-corrected chi connectivity index (χ3v) is 2.40. The van der Waals surface area contributed by atoms with Crippen molar-refractivity contribution in [2.24, 2.45) is 4.99 Å². The zero-order valence-corrected chi connectivity index (χ0v) is 8.25. The molecule has 1 heterocycles. The first-order chi connectivity index (χ1) is 6.16. The summed E-state index contributed by atoms with van der Waals surface area (Å²) in [5.74, 6) is 0.200. The molecule has 1 unspecified atom stereocenters. The Bertz CT molecular complexity index is 390. The summed E-state index contributed by atoms with van der Waals surface area (Å²) in [6.45, 7) is 0. The van der Waals surface area contributed by atoms with Gasteiger partial charge in [-0.15, -0.1) is 0 Å². The third kappa shape index (κ3) is 1.49. The lowest BCUT2D eigenvalue weighted by Gasteiger charge is -2.16. The van der Waals surface area contributed by atoms with Crippen LogP contribution in [0.25, 0.3) is 0 Å². The fourth-order valence-corrected chi connectivity index (χ4v) is 1.67. The standard InChI is InChI=1S/C9H7BrN2O/c10-5-1-2-7-6(3-5)8(13)4-9(11)12-7/h1-5,11,13H. The highest BCUT2D eigenvalue weighted by Gasteiger charge is 2.19. The van der Waals surface area contributed by atoms with Crippen LogP contribution in [0.1, 0.15) is 0 Å². The number of hydrogen-bond donors (Lipinski definition) is 2. The molecule has 1 atom stereocenters. The Labute approximate surface area is 83.8 Å². The topological polar surface area (TPSA) is 56.4 Å². The van der Waals surface area contributed by atoms with Crippen LogP contribution in [0.3, 0.4) is 0 Å². The second-order valence-corrected chi connectivity index (χ2v) is 3.85. The van der Waals surface area contributed by atoms with Crippen molar-refractivity contribution in [1.82, 2.24) is 0 Å². The van der Waals surface area contributed by atoms with E-state index in [1.165, 1.54) is 6.08 Å². The monoisotopic (exact) mass is 238 g/mol. The number of nitrogens with zero attached hydrogens (tertiary/aromatic N) is 1. The van der Waals surface area contributed by atoms with Crippen molar-refractivity contribution >= 4 is 27.5 Å². The predicted molar refractivity (Wildman–Crippen MR) is 55.8 cm³/mol. The fraction of sp³-hybridized carbons (Fsp3) is 0.111. The molecule has 0 aromatic rings.